The van der Waals surface area contributed by atoms with Gasteiger partial charge in [-0.25, -0.2) is 8.78 Å². The summed E-state index contributed by atoms with van der Waals surface area (Å²) in [5, 5.41) is 10.3. The second-order valence-corrected chi connectivity index (χ2v) is 3.29. The van der Waals surface area contributed by atoms with Gasteiger partial charge in [-0.1, -0.05) is 0 Å². The first kappa shape index (κ1) is 11.1. The van der Waals surface area contributed by atoms with Crippen molar-refractivity contribution in [3.63, 3.8) is 0 Å². The molecule has 0 bridgehead atoms. The fourth-order valence-corrected chi connectivity index (χ4v) is 1.62. The lowest BCUT2D eigenvalue weighted by Gasteiger charge is -2.02. The molecule has 8 heteroatoms. The Bertz CT molecular complexity index is 386. The highest BCUT2D eigenvalue weighted by atomic mass is 127. The standard InChI is InChI=1S/C6H2F3IN2O2/c7-2-1-11-4(6(8)9)3(10)5(2)12(13)14/h1,6H. The monoisotopic (exact) mass is 318 g/mol. The van der Waals surface area contributed by atoms with Crippen LogP contribution in [-0.4, -0.2) is 9.91 Å². The number of rotatable bonds is 2. The van der Waals surface area contributed by atoms with Crippen LogP contribution < -0.4 is 0 Å². The molecular weight excluding hydrogens is 316 g/mol. The number of hydrogen-bond acceptors (Lipinski definition) is 3. The van der Waals surface area contributed by atoms with Crippen LogP contribution in [0.25, 0.3) is 0 Å². The minimum Gasteiger partial charge on any atom is -0.258 e. The van der Waals surface area contributed by atoms with Crippen LogP contribution in [0.4, 0.5) is 18.9 Å². The molecule has 0 aliphatic rings. The normalized spacial score (nSPS) is 10.6. The predicted octanol–water partition coefficient (Wildman–Crippen LogP) is 2.67. The van der Waals surface area contributed by atoms with Crippen LogP contribution in [0.5, 0.6) is 0 Å². The van der Waals surface area contributed by atoms with Crippen LogP contribution in [0.2, 0.25) is 0 Å². The maximum Gasteiger partial charge on any atom is 0.321 e. The van der Waals surface area contributed by atoms with Gasteiger partial charge in [0.2, 0.25) is 5.82 Å². The summed E-state index contributed by atoms with van der Waals surface area (Å²) in [7, 11) is 0. The number of nitrogens with zero attached hydrogens (tertiary/aromatic N) is 2. The highest BCUT2D eigenvalue weighted by molar-refractivity contribution is 14.1. The summed E-state index contributed by atoms with van der Waals surface area (Å²) < 4.78 is 36.7. The summed E-state index contributed by atoms with van der Waals surface area (Å²) in [4.78, 5) is 12.3. The van der Waals surface area contributed by atoms with Gasteiger partial charge in [-0.15, -0.1) is 0 Å². The zero-order chi connectivity index (χ0) is 10.9. The second kappa shape index (κ2) is 4.07. The van der Waals surface area contributed by atoms with E-state index in [9.17, 15) is 23.3 Å². The molecule has 0 radical (unpaired) electrons. The largest absolute Gasteiger partial charge is 0.321 e. The Labute approximate surface area is 89.4 Å². The molecule has 0 amide bonds. The van der Waals surface area contributed by atoms with Crippen molar-refractivity contribution in [3.8, 4) is 0 Å². The summed E-state index contributed by atoms with van der Waals surface area (Å²) in [5.41, 5.74) is -1.74. The fourth-order valence-electron chi connectivity index (χ4n) is 0.790. The van der Waals surface area contributed by atoms with E-state index >= 15 is 0 Å². The minimum atomic E-state index is -2.96. The number of halogens is 4. The Morgan fingerprint density at radius 1 is 1.57 bits per heavy atom. The third kappa shape index (κ3) is 1.94. The highest BCUT2D eigenvalue weighted by Gasteiger charge is 2.26. The topological polar surface area (TPSA) is 56.0 Å². The molecule has 1 rings (SSSR count). The number of alkyl halides is 2. The number of nitro groups is 1. The maximum absolute atomic E-state index is 12.8. The van der Waals surface area contributed by atoms with Gasteiger partial charge in [0.05, 0.1) is 11.1 Å². The van der Waals surface area contributed by atoms with Crippen molar-refractivity contribution in [1.82, 2.24) is 4.98 Å². The smallest absolute Gasteiger partial charge is 0.258 e. The van der Waals surface area contributed by atoms with Gasteiger partial charge >= 0.3 is 5.69 Å². The quantitative estimate of drug-likeness (QED) is 0.478. The van der Waals surface area contributed by atoms with Crippen molar-refractivity contribution in [2.45, 2.75) is 6.43 Å². The van der Waals surface area contributed by atoms with Crippen molar-refractivity contribution in [2.75, 3.05) is 0 Å². The molecule has 0 aliphatic carbocycles. The van der Waals surface area contributed by atoms with E-state index in [-0.39, 0.29) is 0 Å². The molecule has 0 atom stereocenters. The van der Waals surface area contributed by atoms with Gasteiger partial charge in [-0.2, -0.15) is 4.39 Å². The van der Waals surface area contributed by atoms with E-state index in [1.807, 2.05) is 0 Å². The van der Waals surface area contributed by atoms with Gasteiger partial charge < -0.3 is 0 Å². The number of aromatic nitrogens is 1. The highest BCUT2D eigenvalue weighted by Crippen LogP contribution is 2.30. The molecule has 0 saturated carbocycles. The number of pyridine rings is 1. The van der Waals surface area contributed by atoms with E-state index < -0.39 is 32.1 Å². The predicted molar refractivity (Wildman–Crippen MR) is 48.5 cm³/mol. The van der Waals surface area contributed by atoms with E-state index in [4.69, 9.17) is 0 Å². The van der Waals surface area contributed by atoms with E-state index in [1.165, 1.54) is 22.6 Å². The van der Waals surface area contributed by atoms with Crippen molar-refractivity contribution in [2.24, 2.45) is 0 Å². The lowest BCUT2D eigenvalue weighted by Crippen LogP contribution is -2.03. The van der Waals surface area contributed by atoms with Crippen LogP contribution in [0.1, 0.15) is 12.1 Å². The molecule has 1 aromatic heterocycles. The maximum atomic E-state index is 12.8. The molecule has 0 N–H and O–H groups in total. The first-order valence-corrected chi connectivity index (χ1v) is 4.29. The van der Waals surface area contributed by atoms with Crippen LogP contribution in [0.3, 0.4) is 0 Å². The molecule has 0 fully saturated rings. The average molecular weight is 318 g/mol. The van der Waals surface area contributed by atoms with Crippen LogP contribution in [-0.2, 0) is 0 Å². The Morgan fingerprint density at radius 2 is 2.14 bits per heavy atom. The molecule has 1 aromatic rings. The van der Waals surface area contributed by atoms with Gasteiger partial charge in [0, 0.05) is 0 Å². The lowest BCUT2D eigenvalue weighted by atomic mass is 10.3. The molecule has 1 heterocycles. The Hall–Kier alpha value is -0.930. The van der Waals surface area contributed by atoms with E-state index in [0.29, 0.717) is 6.20 Å². The summed E-state index contributed by atoms with van der Waals surface area (Å²) in [5.74, 6) is -1.22. The molecular formula is C6H2F3IN2O2. The zero-order valence-electron chi connectivity index (χ0n) is 6.38. The van der Waals surface area contributed by atoms with Gasteiger partial charge in [-0.05, 0) is 22.6 Å². The lowest BCUT2D eigenvalue weighted by molar-refractivity contribution is -0.388. The molecule has 0 aliphatic heterocycles. The van der Waals surface area contributed by atoms with Gasteiger partial charge in [0.15, 0.2) is 0 Å². The van der Waals surface area contributed by atoms with Crippen LogP contribution in [0.15, 0.2) is 6.20 Å². The first-order valence-electron chi connectivity index (χ1n) is 3.21. The minimum absolute atomic E-state index is 0.418. The molecule has 0 spiro atoms. The summed E-state index contributed by atoms with van der Waals surface area (Å²) in [6, 6.07) is 0. The summed E-state index contributed by atoms with van der Waals surface area (Å²) in [6.45, 7) is 0. The molecule has 0 aromatic carbocycles. The Balaban J connectivity index is 3.41. The van der Waals surface area contributed by atoms with Crippen LogP contribution >= 0.6 is 22.6 Å². The first-order chi connectivity index (χ1) is 6.45. The van der Waals surface area contributed by atoms with Gasteiger partial charge in [-0.3, -0.25) is 15.1 Å². The van der Waals surface area contributed by atoms with E-state index in [1.54, 1.807) is 0 Å². The Morgan fingerprint density at radius 3 is 2.57 bits per heavy atom. The van der Waals surface area contributed by atoms with Crippen LogP contribution in [0, 0.1) is 19.5 Å². The van der Waals surface area contributed by atoms with Crippen molar-refractivity contribution >= 4 is 28.3 Å². The zero-order valence-corrected chi connectivity index (χ0v) is 8.53. The van der Waals surface area contributed by atoms with Crippen molar-refractivity contribution < 1.29 is 18.1 Å². The number of hydrogen-bond donors (Lipinski definition) is 0. The van der Waals surface area contributed by atoms with Crippen molar-refractivity contribution in [1.29, 1.82) is 0 Å². The third-order valence-electron chi connectivity index (χ3n) is 1.37. The van der Waals surface area contributed by atoms with Gasteiger partial charge in [0.25, 0.3) is 6.43 Å². The van der Waals surface area contributed by atoms with E-state index in [0.717, 1.165) is 0 Å². The summed E-state index contributed by atoms with van der Waals surface area (Å²) >= 11 is 1.27. The van der Waals surface area contributed by atoms with Gasteiger partial charge in [0.1, 0.15) is 9.26 Å². The summed E-state index contributed by atoms with van der Waals surface area (Å²) in [6.07, 6.45) is -2.54. The molecule has 14 heavy (non-hydrogen) atoms. The SMILES string of the molecule is O=[N+]([O-])c1c(F)cnc(C(F)F)c1I. The van der Waals surface area contributed by atoms with E-state index in [2.05, 4.69) is 4.98 Å². The second-order valence-electron chi connectivity index (χ2n) is 2.21. The molecule has 0 unspecified atom stereocenters. The third-order valence-corrected chi connectivity index (χ3v) is 2.43. The molecule has 0 saturated heterocycles. The van der Waals surface area contributed by atoms with Crippen molar-refractivity contribution in [3.05, 3.63) is 31.4 Å². The molecule has 76 valence electrons. The Kier molecular flexibility index (Phi) is 3.24. The average Bonchev–Trinajstić information content (AvgIpc) is 2.02. The fraction of sp³-hybridized carbons (Fsp3) is 0.167. The molecule has 4 nitrogen and oxygen atoms in total.